The van der Waals surface area contributed by atoms with Crippen LogP contribution in [-0.4, -0.2) is 28.9 Å². The Hall–Kier alpha value is -2.95. The van der Waals surface area contributed by atoms with E-state index in [-0.39, 0.29) is 11.8 Å². The van der Waals surface area contributed by atoms with Crippen molar-refractivity contribution in [2.24, 2.45) is 0 Å². The molecule has 0 atom stereocenters. The van der Waals surface area contributed by atoms with Crippen LogP contribution in [0.2, 0.25) is 0 Å². The van der Waals surface area contributed by atoms with E-state index in [1.165, 1.54) is 0 Å². The number of aromatic nitrogens is 2. The molecule has 0 saturated heterocycles. The van der Waals surface area contributed by atoms with Crippen LogP contribution < -0.4 is 10.1 Å². The average molecular weight is 321 g/mol. The summed E-state index contributed by atoms with van der Waals surface area (Å²) in [4.78, 5) is 21.5. The molecule has 2 aromatic carbocycles. The number of ether oxygens (including phenoxy) is 1. The van der Waals surface area contributed by atoms with Gasteiger partial charge in [0, 0.05) is 29.3 Å². The number of fused-ring (bicyclic) bond motifs is 1. The standard InChI is InChI=1S/C19H19N3O2/c1-12(2)21-19-20-11-14-9-15(17(24-3)10-16(14)22-19)18(23)13-7-5-4-6-8-13/h4-12H,1-3H3,(H,20,21,22). The number of hydrogen-bond acceptors (Lipinski definition) is 5. The summed E-state index contributed by atoms with van der Waals surface area (Å²) in [6, 6.07) is 12.9. The van der Waals surface area contributed by atoms with Gasteiger partial charge < -0.3 is 10.1 Å². The fourth-order valence-corrected chi connectivity index (χ4v) is 2.48. The van der Waals surface area contributed by atoms with Crippen molar-refractivity contribution in [2.45, 2.75) is 19.9 Å². The Kier molecular flexibility index (Phi) is 4.42. The van der Waals surface area contributed by atoms with E-state index in [9.17, 15) is 4.79 Å². The van der Waals surface area contributed by atoms with Gasteiger partial charge in [-0.3, -0.25) is 4.79 Å². The van der Waals surface area contributed by atoms with E-state index in [1.807, 2.05) is 32.0 Å². The average Bonchev–Trinajstić information content (AvgIpc) is 2.60. The number of carbonyl (C=O) groups excluding carboxylic acids is 1. The molecule has 122 valence electrons. The summed E-state index contributed by atoms with van der Waals surface area (Å²) in [7, 11) is 1.55. The van der Waals surface area contributed by atoms with Crippen molar-refractivity contribution in [3.63, 3.8) is 0 Å². The summed E-state index contributed by atoms with van der Waals surface area (Å²) in [5.41, 5.74) is 1.85. The molecule has 5 heteroatoms. The Labute approximate surface area is 140 Å². The van der Waals surface area contributed by atoms with Crippen molar-refractivity contribution >= 4 is 22.6 Å². The maximum atomic E-state index is 12.7. The highest BCUT2D eigenvalue weighted by molar-refractivity contribution is 6.12. The first-order valence-electron chi connectivity index (χ1n) is 7.79. The number of anilines is 1. The molecule has 0 radical (unpaired) electrons. The summed E-state index contributed by atoms with van der Waals surface area (Å²) < 4.78 is 5.42. The van der Waals surface area contributed by atoms with E-state index < -0.39 is 0 Å². The van der Waals surface area contributed by atoms with Crippen molar-refractivity contribution in [1.82, 2.24) is 9.97 Å². The van der Waals surface area contributed by atoms with Crippen LogP contribution in [0.15, 0.2) is 48.7 Å². The van der Waals surface area contributed by atoms with Crippen LogP contribution in [0.4, 0.5) is 5.95 Å². The molecule has 0 amide bonds. The zero-order valence-electron chi connectivity index (χ0n) is 13.9. The molecule has 5 nitrogen and oxygen atoms in total. The minimum Gasteiger partial charge on any atom is -0.496 e. The van der Waals surface area contributed by atoms with Crippen molar-refractivity contribution < 1.29 is 9.53 Å². The summed E-state index contributed by atoms with van der Waals surface area (Å²) >= 11 is 0. The van der Waals surface area contributed by atoms with E-state index in [0.29, 0.717) is 22.8 Å². The van der Waals surface area contributed by atoms with Crippen LogP contribution >= 0.6 is 0 Å². The third-order valence-corrected chi connectivity index (χ3v) is 3.60. The maximum absolute atomic E-state index is 12.7. The van der Waals surface area contributed by atoms with Gasteiger partial charge in [-0.05, 0) is 19.9 Å². The lowest BCUT2D eigenvalue weighted by atomic mass is 10.0. The van der Waals surface area contributed by atoms with E-state index in [1.54, 1.807) is 37.6 Å². The maximum Gasteiger partial charge on any atom is 0.223 e. The second-order valence-electron chi connectivity index (χ2n) is 5.80. The molecule has 0 unspecified atom stereocenters. The molecule has 3 rings (SSSR count). The molecular formula is C19H19N3O2. The number of carbonyl (C=O) groups is 1. The normalized spacial score (nSPS) is 10.8. The SMILES string of the molecule is COc1cc2nc(NC(C)C)ncc2cc1C(=O)c1ccccc1. The summed E-state index contributed by atoms with van der Waals surface area (Å²) in [6.45, 7) is 4.05. The van der Waals surface area contributed by atoms with Crippen LogP contribution in [0.3, 0.4) is 0 Å². The van der Waals surface area contributed by atoms with Crippen molar-refractivity contribution in [3.05, 3.63) is 59.8 Å². The molecule has 0 spiro atoms. The van der Waals surface area contributed by atoms with E-state index >= 15 is 0 Å². The van der Waals surface area contributed by atoms with Gasteiger partial charge in [0.25, 0.3) is 0 Å². The van der Waals surface area contributed by atoms with Gasteiger partial charge in [0.15, 0.2) is 5.78 Å². The molecule has 0 aliphatic carbocycles. The van der Waals surface area contributed by atoms with Gasteiger partial charge >= 0.3 is 0 Å². The van der Waals surface area contributed by atoms with Gasteiger partial charge in [-0.25, -0.2) is 9.97 Å². The highest BCUT2D eigenvalue weighted by atomic mass is 16.5. The summed E-state index contributed by atoms with van der Waals surface area (Å²) in [5.74, 6) is 0.978. The lowest BCUT2D eigenvalue weighted by molar-refractivity contribution is 0.103. The van der Waals surface area contributed by atoms with Crippen LogP contribution in [0.5, 0.6) is 5.75 Å². The largest absolute Gasteiger partial charge is 0.496 e. The van der Waals surface area contributed by atoms with Gasteiger partial charge in [-0.15, -0.1) is 0 Å². The molecule has 24 heavy (non-hydrogen) atoms. The Morgan fingerprint density at radius 1 is 1.17 bits per heavy atom. The highest BCUT2D eigenvalue weighted by Crippen LogP contribution is 2.27. The van der Waals surface area contributed by atoms with Gasteiger partial charge in [0.1, 0.15) is 5.75 Å². The first-order chi connectivity index (χ1) is 11.6. The van der Waals surface area contributed by atoms with E-state index in [0.717, 1.165) is 10.9 Å². The number of hydrogen-bond donors (Lipinski definition) is 1. The number of benzene rings is 2. The van der Waals surface area contributed by atoms with Crippen molar-refractivity contribution in [1.29, 1.82) is 0 Å². The Bertz CT molecular complexity index is 876. The second-order valence-corrected chi connectivity index (χ2v) is 5.80. The third kappa shape index (κ3) is 3.20. The van der Waals surface area contributed by atoms with E-state index in [4.69, 9.17) is 4.74 Å². The minimum absolute atomic E-state index is 0.0845. The molecule has 3 aromatic rings. The smallest absolute Gasteiger partial charge is 0.223 e. The van der Waals surface area contributed by atoms with Gasteiger partial charge in [0.2, 0.25) is 5.95 Å². The molecule has 0 saturated carbocycles. The molecule has 1 N–H and O–H groups in total. The Balaban J connectivity index is 2.07. The van der Waals surface area contributed by atoms with Crippen LogP contribution in [0.1, 0.15) is 29.8 Å². The molecule has 1 aromatic heterocycles. The third-order valence-electron chi connectivity index (χ3n) is 3.60. The van der Waals surface area contributed by atoms with Crippen molar-refractivity contribution in [3.8, 4) is 5.75 Å². The topological polar surface area (TPSA) is 64.1 Å². The van der Waals surface area contributed by atoms with Crippen LogP contribution in [-0.2, 0) is 0 Å². The van der Waals surface area contributed by atoms with Crippen LogP contribution in [0.25, 0.3) is 10.9 Å². The zero-order chi connectivity index (χ0) is 17.1. The summed E-state index contributed by atoms with van der Waals surface area (Å²) in [6.07, 6.45) is 1.72. The van der Waals surface area contributed by atoms with Crippen LogP contribution in [0, 0.1) is 0 Å². The van der Waals surface area contributed by atoms with Crippen molar-refractivity contribution in [2.75, 3.05) is 12.4 Å². The number of rotatable bonds is 5. The zero-order valence-corrected chi connectivity index (χ0v) is 13.9. The molecule has 0 aliphatic heterocycles. The van der Waals surface area contributed by atoms with E-state index in [2.05, 4.69) is 15.3 Å². The molecular weight excluding hydrogens is 302 g/mol. The minimum atomic E-state index is -0.0845. The fourth-order valence-electron chi connectivity index (χ4n) is 2.48. The van der Waals surface area contributed by atoms with Gasteiger partial charge in [-0.2, -0.15) is 0 Å². The number of nitrogens with one attached hydrogen (secondary N) is 1. The fraction of sp³-hybridized carbons (Fsp3) is 0.211. The first-order valence-corrected chi connectivity index (χ1v) is 7.79. The Morgan fingerprint density at radius 3 is 2.58 bits per heavy atom. The molecule has 0 fully saturated rings. The van der Waals surface area contributed by atoms with Gasteiger partial charge in [-0.1, -0.05) is 30.3 Å². The monoisotopic (exact) mass is 321 g/mol. The summed E-state index contributed by atoms with van der Waals surface area (Å²) in [5, 5.41) is 3.96. The number of ketones is 1. The highest BCUT2D eigenvalue weighted by Gasteiger charge is 2.16. The number of methoxy groups -OCH3 is 1. The second kappa shape index (κ2) is 6.66. The molecule has 0 aliphatic rings. The predicted molar refractivity (Wildman–Crippen MR) is 94.7 cm³/mol. The predicted octanol–water partition coefficient (Wildman–Crippen LogP) is 3.69. The molecule has 0 bridgehead atoms. The molecule has 1 heterocycles. The lowest BCUT2D eigenvalue weighted by Crippen LogP contribution is -2.12. The van der Waals surface area contributed by atoms with Gasteiger partial charge in [0.05, 0.1) is 18.2 Å². The lowest BCUT2D eigenvalue weighted by Gasteiger charge is -2.11. The quantitative estimate of drug-likeness (QED) is 0.726. The Morgan fingerprint density at radius 2 is 1.92 bits per heavy atom. The first kappa shape index (κ1) is 15.9. The number of nitrogens with zero attached hydrogens (tertiary/aromatic N) is 2.